The lowest BCUT2D eigenvalue weighted by atomic mass is 9.82. The average molecular weight is 282 g/mol. The van der Waals surface area contributed by atoms with Gasteiger partial charge in [0, 0.05) is 24.7 Å². The highest BCUT2D eigenvalue weighted by atomic mass is 16.5. The Morgan fingerprint density at radius 1 is 1.25 bits per heavy atom. The highest BCUT2D eigenvalue weighted by Crippen LogP contribution is 2.36. The summed E-state index contributed by atoms with van der Waals surface area (Å²) < 4.78 is 5.98. The third kappa shape index (κ3) is 3.55. The topological polar surface area (TPSA) is 38.5 Å². The van der Waals surface area contributed by atoms with Crippen LogP contribution in [-0.4, -0.2) is 42.3 Å². The van der Waals surface area contributed by atoms with Crippen molar-refractivity contribution in [2.45, 2.75) is 89.3 Å². The molecule has 0 amide bonds. The van der Waals surface area contributed by atoms with Crippen molar-refractivity contribution in [3.8, 4) is 0 Å². The molecule has 3 atom stereocenters. The molecule has 2 heterocycles. The average Bonchev–Trinajstić information content (AvgIpc) is 2.73. The van der Waals surface area contributed by atoms with Crippen molar-refractivity contribution < 1.29 is 4.74 Å². The maximum atomic E-state index is 6.30. The second kappa shape index (κ2) is 7.77. The van der Waals surface area contributed by atoms with Gasteiger partial charge in [0.25, 0.3) is 0 Å². The van der Waals surface area contributed by atoms with Crippen LogP contribution in [-0.2, 0) is 4.74 Å². The van der Waals surface area contributed by atoms with Crippen molar-refractivity contribution >= 4 is 0 Å². The van der Waals surface area contributed by atoms with E-state index in [0.717, 1.165) is 32.0 Å². The maximum Gasteiger partial charge on any atom is 0.0593 e. The molecule has 20 heavy (non-hydrogen) atoms. The molecule has 2 saturated heterocycles. The Hall–Kier alpha value is -0.120. The first kappa shape index (κ1) is 16.3. The second-order valence-electron chi connectivity index (χ2n) is 6.77. The first-order valence-electron chi connectivity index (χ1n) is 8.84. The molecule has 0 radical (unpaired) electrons. The van der Waals surface area contributed by atoms with Crippen LogP contribution in [0.3, 0.4) is 0 Å². The molecule has 2 aliphatic rings. The molecular weight excluding hydrogens is 248 g/mol. The van der Waals surface area contributed by atoms with E-state index in [1.165, 1.54) is 51.5 Å². The van der Waals surface area contributed by atoms with E-state index in [-0.39, 0.29) is 5.54 Å². The predicted molar refractivity (Wildman–Crippen MR) is 84.9 cm³/mol. The largest absolute Gasteiger partial charge is 0.378 e. The Bertz CT molecular complexity index is 282. The molecule has 3 nitrogen and oxygen atoms in total. The summed E-state index contributed by atoms with van der Waals surface area (Å²) in [5.74, 6) is 0. The van der Waals surface area contributed by atoms with E-state index in [2.05, 4.69) is 18.7 Å². The molecule has 2 rings (SSSR count). The number of nitrogens with zero attached hydrogens (tertiary/aromatic N) is 1. The highest BCUT2D eigenvalue weighted by Gasteiger charge is 2.43. The van der Waals surface area contributed by atoms with Gasteiger partial charge in [0.1, 0.15) is 0 Å². The summed E-state index contributed by atoms with van der Waals surface area (Å²) in [5.41, 5.74) is 6.51. The lowest BCUT2D eigenvalue weighted by Crippen LogP contribution is -2.61. The van der Waals surface area contributed by atoms with E-state index < -0.39 is 0 Å². The van der Waals surface area contributed by atoms with Crippen molar-refractivity contribution in [2.75, 3.05) is 19.7 Å². The van der Waals surface area contributed by atoms with Gasteiger partial charge in [0.15, 0.2) is 0 Å². The van der Waals surface area contributed by atoms with Crippen molar-refractivity contribution in [3.63, 3.8) is 0 Å². The van der Waals surface area contributed by atoms with Crippen molar-refractivity contribution in [1.29, 1.82) is 0 Å². The van der Waals surface area contributed by atoms with Crippen LogP contribution in [0.25, 0.3) is 0 Å². The first-order chi connectivity index (χ1) is 9.75. The molecule has 2 fully saturated rings. The molecule has 0 aromatic rings. The van der Waals surface area contributed by atoms with Gasteiger partial charge in [0.05, 0.1) is 6.10 Å². The minimum atomic E-state index is 0.211. The number of hydrogen-bond donors (Lipinski definition) is 1. The fourth-order valence-electron chi connectivity index (χ4n) is 4.30. The van der Waals surface area contributed by atoms with Crippen molar-refractivity contribution in [3.05, 3.63) is 0 Å². The Balaban J connectivity index is 2.14. The standard InChI is InChI=1S/C17H34N2O/c1-3-8-16-13-17(14-18,10-12-20-16)19-11-7-5-6-9-15(19)4-2/h15-16H,3-14,18H2,1-2H3. The third-order valence-electron chi connectivity index (χ3n) is 5.48. The van der Waals surface area contributed by atoms with Gasteiger partial charge in [-0.3, -0.25) is 4.90 Å². The molecule has 2 aliphatic heterocycles. The van der Waals surface area contributed by atoms with Crippen LogP contribution in [0.4, 0.5) is 0 Å². The summed E-state index contributed by atoms with van der Waals surface area (Å²) in [6.07, 6.45) is 11.9. The number of hydrogen-bond acceptors (Lipinski definition) is 3. The smallest absolute Gasteiger partial charge is 0.0593 e. The predicted octanol–water partition coefficient (Wildman–Crippen LogP) is 3.32. The zero-order valence-electron chi connectivity index (χ0n) is 13.6. The van der Waals surface area contributed by atoms with Gasteiger partial charge in [-0.25, -0.2) is 0 Å². The van der Waals surface area contributed by atoms with Crippen LogP contribution in [0.15, 0.2) is 0 Å². The SMILES string of the molecule is CCCC1CC(CN)(N2CCCCCC2CC)CCO1. The highest BCUT2D eigenvalue weighted by molar-refractivity contribution is 4.99. The molecule has 0 aromatic carbocycles. The number of likely N-dealkylation sites (tertiary alicyclic amines) is 1. The van der Waals surface area contributed by atoms with E-state index in [1.807, 2.05) is 0 Å². The first-order valence-corrected chi connectivity index (χ1v) is 8.84. The van der Waals surface area contributed by atoms with Crippen molar-refractivity contribution in [1.82, 2.24) is 4.90 Å². The Morgan fingerprint density at radius 2 is 2.10 bits per heavy atom. The maximum absolute atomic E-state index is 6.30. The van der Waals surface area contributed by atoms with Crippen LogP contribution in [0.1, 0.15) is 71.6 Å². The van der Waals surface area contributed by atoms with Gasteiger partial charge in [-0.05, 0) is 45.1 Å². The van der Waals surface area contributed by atoms with Crippen LogP contribution < -0.4 is 5.73 Å². The molecule has 0 aliphatic carbocycles. The Morgan fingerprint density at radius 3 is 2.80 bits per heavy atom. The summed E-state index contributed by atoms with van der Waals surface area (Å²) >= 11 is 0. The molecular formula is C17H34N2O. The summed E-state index contributed by atoms with van der Waals surface area (Å²) in [7, 11) is 0. The lowest BCUT2D eigenvalue weighted by molar-refractivity contribution is -0.0861. The number of nitrogens with two attached hydrogens (primary N) is 1. The zero-order valence-corrected chi connectivity index (χ0v) is 13.6. The van der Waals surface area contributed by atoms with Gasteiger partial charge < -0.3 is 10.5 Å². The third-order valence-corrected chi connectivity index (χ3v) is 5.48. The fraction of sp³-hybridized carbons (Fsp3) is 1.00. The molecule has 2 N–H and O–H groups in total. The van der Waals surface area contributed by atoms with Crippen LogP contribution in [0.5, 0.6) is 0 Å². The molecule has 118 valence electrons. The molecule has 0 spiro atoms. The quantitative estimate of drug-likeness (QED) is 0.840. The zero-order chi connectivity index (χ0) is 14.4. The minimum absolute atomic E-state index is 0.211. The van der Waals surface area contributed by atoms with E-state index in [1.54, 1.807) is 0 Å². The minimum Gasteiger partial charge on any atom is -0.378 e. The van der Waals surface area contributed by atoms with Gasteiger partial charge in [-0.15, -0.1) is 0 Å². The monoisotopic (exact) mass is 282 g/mol. The van der Waals surface area contributed by atoms with Gasteiger partial charge >= 0.3 is 0 Å². The Labute approximate surface area is 125 Å². The van der Waals surface area contributed by atoms with E-state index in [0.29, 0.717) is 6.10 Å². The van der Waals surface area contributed by atoms with Crippen LogP contribution >= 0.6 is 0 Å². The van der Waals surface area contributed by atoms with Gasteiger partial charge in [-0.2, -0.15) is 0 Å². The number of rotatable bonds is 5. The summed E-state index contributed by atoms with van der Waals surface area (Å²) in [4.78, 5) is 2.80. The Kier molecular flexibility index (Phi) is 6.31. The summed E-state index contributed by atoms with van der Waals surface area (Å²) in [5, 5.41) is 0. The lowest BCUT2D eigenvalue weighted by Gasteiger charge is -2.51. The van der Waals surface area contributed by atoms with Gasteiger partial charge in [-0.1, -0.05) is 33.1 Å². The molecule has 0 aromatic heterocycles. The summed E-state index contributed by atoms with van der Waals surface area (Å²) in [6, 6.07) is 0.737. The molecule has 0 saturated carbocycles. The number of ether oxygens (including phenoxy) is 1. The summed E-state index contributed by atoms with van der Waals surface area (Å²) in [6.45, 7) is 7.54. The molecule has 0 bridgehead atoms. The normalized spacial score (nSPS) is 36.8. The van der Waals surface area contributed by atoms with E-state index in [4.69, 9.17) is 10.5 Å². The van der Waals surface area contributed by atoms with Crippen LogP contribution in [0.2, 0.25) is 0 Å². The van der Waals surface area contributed by atoms with Gasteiger partial charge in [0.2, 0.25) is 0 Å². The molecule has 3 unspecified atom stereocenters. The van der Waals surface area contributed by atoms with E-state index in [9.17, 15) is 0 Å². The van der Waals surface area contributed by atoms with Crippen molar-refractivity contribution in [2.24, 2.45) is 5.73 Å². The molecule has 3 heteroatoms. The van der Waals surface area contributed by atoms with Crippen LogP contribution in [0, 0.1) is 0 Å². The van der Waals surface area contributed by atoms with E-state index >= 15 is 0 Å². The fourth-order valence-corrected chi connectivity index (χ4v) is 4.30. The second-order valence-corrected chi connectivity index (χ2v) is 6.77.